The fourth-order valence-electron chi connectivity index (χ4n) is 3.11. The molecule has 0 unspecified atom stereocenters. The molecule has 2 atom stereocenters. The van der Waals surface area contributed by atoms with Crippen molar-refractivity contribution in [2.45, 2.75) is 12.6 Å². The highest BCUT2D eigenvalue weighted by atomic mass is 16.3. The summed E-state index contributed by atoms with van der Waals surface area (Å²) in [5.74, 6) is 1.73. The molecule has 0 bridgehead atoms. The Morgan fingerprint density at radius 1 is 1.32 bits per heavy atom. The van der Waals surface area contributed by atoms with Gasteiger partial charge in [-0.1, -0.05) is 0 Å². The molecule has 0 aliphatic carbocycles. The average molecular weight is 344 g/mol. The fraction of sp³-hybridized carbons (Fsp3) is 0.471. The molecule has 1 fully saturated rings. The van der Waals surface area contributed by atoms with Crippen LogP contribution in [-0.4, -0.2) is 60.7 Å². The fourth-order valence-corrected chi connectivity index (χ4v) is 3.11. The number of carbonyl (C=O) groups excluding carboxylic acids is 1. The lowest BCUT2D eigenvalue weighted by atomic mass is 10.0. The van der Waals surface area contributed by atoms with Gasteiger partial charge in [-0.3, -0.25) is 0 Å². The van der Waals surface area contributed by atoms with E-state index in [0.717, 1.165) is 18.8 Å². The van der Waals surface area contributed by atoms with Gasteiger partial charge in [-0.05, 0) is 32.3 Å². The minimum absolute atomic E-state index is 0.0304. The molecule has 1 aliphatic rings. The number of nitrogens with one attached hydrogen (secondary N) is 2. The van der Waals surface area contributed by atoms with E-state index in [1.807, 2.05) is 20.2 Å². The molecule has 25 heavy (non-hydrogen) atoms. The van der Waals surface area contributed by atoms with Crippen molar-refractivity contribution in [3.05, 3.63) is 42.6 Å². The van der Waals surface area contributed by atoms with E-state index in [9.17, 15) is 4.79 Å². The number of hydrogen-bond donors (Lipinski definition) is 2. The third-order valence-corrected chi connectivity index (χ3v) is 4.20. The summed E-state index contributed by atoms with van der Waals surface area (Å²) in [4.78, 5) is 25.1. The second kappa shape index (κ2) is 7.98. The average Bonchev–Trinajstić information content (AvgIpc) is 3.24. The van der Waals surface area contributed by atoms with Crippen molar-refractivity contribution < 1.29 is 9.21 Å². The molecule has 1 aliphatic heterocycles. The SMILES string of the molecule is CN(C)C[C@@H]1CN(c2ncccn2)C[C@H]1NC(=O)NCc1ccco1. The molecule has 2 aromatic heterocycles. The molecular weight excluding hydrogens is 320 g/mol. The van der Waals surface area contributed by atoms with Gasteiger partial charge < -0.3 is 24.9 Å². The van der Waals surface area contributed by atoms with E-state index >= 15 is 0 Å². The highest BCUT2D eigenvalue weighted by Crippen LogP contribution is 2.21. The van der Waals surface area contributed by atoms with Crippen LogP contribution in [0.1, 0.15) is 5.76 Å². The zero-order valence-corrected chi connectivity index (χ0v) is 14.6. The molecule has 0 radical (unpaired) electrons. The van der Waals surface area contributed by atoms with Crippen molar-refractivity contribution in [2.24, 2.45) is 5.92 Å². The van der Waals surface area contributed by atoms with Crippen LogP contribution in [0.4, 0.5) is 10.7 Å². The molecule has 8 nitrogen and oxygen atoms in total. The van der Waals surface area contributed by atoms with Crippen molar-refractivity contribution >= 4 is 12.0 Å². The number of rotatable bonds is 6. The standard InChI is InChI=1S/C17H24N6O2/c1-22(2)10-13-11-23(16-18-6-4-7-19-16)12-15(13)21-17(24)20-9-14-5-3-8-25-14/h3-8,13,15H,9-12H2,1-2H3,(H2,20,21,24)/t13-,15-/m1/s1. The number of hydrogen-bond acceptors (Lipinski definition) is 6. The van der Waals surface area contributed by atoms with Gasteiger partial charge in [-0.25, -0.2) is 14.8 Å². The molecule has 3 rings (SSSR count). The molecular formula is C17H24N6O2. The van der Waals surface area contributed by atoms with Crippen LogP contribution in [-0.2, 0) is 6.54 Å². The Balaban J connectivity index is 1.59. The lowest BCUT2D eigenvalue weighted by molar-refractivity contribution is 0.229. The lowest BCUT2D eigenvalue weighted by Gasteiger charge is -2.22. The van der Waals surface area contributed by atoms with E-state index in [1.165, 1.54) is 0 Å². The van der Waals surface area contributed by atoms with Crippen LogP contribution in [0.15, 0.2) is 41.3 Å². The lowest BCUT2D eigenvalue weighted by Crippen LogP contribution is -2.47. The van der Waals surface area contributed by atoms with Crippen LogP contribution >= 0.6 is 0 Å². The molecule has 3 heterocycles. The van der Waals surface area contributed by atoms with Gasteiger partial charge in [0.05, 0.1) is 18.8 Å². The minimum Gasteiger partial charge on any atom is -0.467 e. The van der Waals surface area contributed by atoms with Crippen molar-refractivity contribution in [3.63, 3.8) is 0 Å². The number of urea groups is 1. The minimum atomic E-state index is -0.194. The van der Waals surface area contributed by atoms with Crippen LogP contribution in [0, 0.1) is 5.92 Å². The smallest absolute Gasteiger partial charge is 0.315 e. The van der Waals surface area contributed by atoms with Gasteiger partial charge in [0.15, 0.2) is 0 Å². The van der Waals surface area contributed by atoms with Crippen molar-refractivity contribution in [1.82, 2.24) is 25.5 Å². The monoisotopic (exact) mass is 344 g/mol. The topological polar surface area (TPSA) is 86.5 Å². The van der Waals surface area contributed by atoms with Gasteiger partial charge in [0, 0.05) is 37.9 Å². The molecule has 0 spiro atoms. The van der Waals surface area contributed by atoms with E-state index in [-0.39, 0.29) is 12.1 Å². The van der Waals surface area contributed by atoms with E-state index in [2.05, 4.69) is 30.4 Å². The van der Waals surface area contributed by atoms with Gasteiger partial charge in [-0.2, -0.15) is 0 Å². The second-order valence-corrected chi connectivity index (χ2v) is 6.49. The van der Waals surface area contributed by atoms with E-state index < -0.39 is 0 Å². The maximum atomic E-state index is 12.2. The number of amides is 2. The molecule has 8 heteroatoms. The van der Waals surface area contributed by atoms with E-state index in [1.54, 1.807) is 30.8 Å². The molecule has 1 saturated heterocycles. The summed E-state index contributed by atoms with van der Waals surface area (Å²) in [5, 5.41) is 5.91. The van der Waals surface area contributed by atoms with Crippen LogP contribution in [0.5, 0.6) is 0 Å². The summed E-state index contributed by atoms with van der Waals surface area (Å²) in [6.45, 7) is 2.75. The first-order chi connectivity index (χ1) is 12.1. The summed E-state index contributed by atoms with van der Waals surface area (Å²) in [7, 11) is 4.07. The summed E-state index contributed by atoms with van der Waals surface area (Å²) >= 11 is 0. The summed E-state index contributed by atoms with van der Waals surface area (Å²) in [6.07, 6.45) is 5.07. The Kier molecular flexibility index (Phi) is 5.49. The Labute approximate surface area is 147 Å². The van der Waals surface area contributed by atoms with Crippen LogP contribution < -0.4 is 15.5 Å². The zero-order chi connectivity index (χ0) is 17.6. The third-order valence-electron chi connectivity index (χ3n) is 4.20. The van der Waals surface area contributed by atoms with Crippen molar-refractivity contribution in [3.8, 4) is 0 Å². The number of anilines is 1. The predicted octanol–water partition coefficient (Wildman–Crippen LogP) is 0.935. The van der Waals surface area contributed by atoms with Gasteiger partial charge in [0.1, 0.15) is 5.76 Å². The van der Waals surface area contributed by atoms with Gasteiger partial charge in [0.2, 0.25) is 5.95 Å². The highest BCUT2D eigenvalue weighted by molar-refractivity contribution is 5.74. The van der Waals surface area contributed by atoms with Gasteiger partial charge in [-0.15, -0.1) is 0 Å². The predicted molar refractivity (Wildman–Crippen MR) is 94.2 cm³/mol. The first-order valence-electron chi connectivity index (χ1n) is 8.35. The highest BCUT2D eigenvalue weighted by Gasteiger charge is 2.35. The quantitative estimate of drug-likeness (QED) is 0.811. The summed E-state index contributed by atoms with van der Waals surface area (Å²) < 4.78 is 5.23. The van der Waals surface area contributed by atoms with Gasteiger partial charge >= 0.3 is 6.03 Å². The first kappa shape index (κ1) is 17.2. The van der Waals surface area contributed by atoms with E-state index in [4.69, 9.17) is 4.42 Å². The summed E-state index contributed by atoms with van der Waals surface area (Å²) in [6, 6.07) is 5.27. The molecule has 2 N–H and O–H groups in total. The molecule has 0 saturated carbocycles. The number of carbonyl (C=O) groups is 1. The molecule has 0 aromatic carbocycles. The number of furan rings is 1. The van der Waals surface area contributed by atoms with Crippen LogP contribution in [0.2, 0.25) is 0 Å². The Bertz CT molecular complexity index is 661. The van der Waals surface area contributed by atoms with E-state index in [0.29, 0.717) is 25.0 Å². The van der Waals surface area contributed by atoms with Crippen LogP contribution in [0.3, 0.4) is 0 Å². The van der Waals surface area contributed by atoms with Crippen molar-refractivity contribution in [1.29, 1.82) is 0 Å². The van der Waals surface area contributed by atoms with Gasteiger partial charge in [0.25, 0.3) is 0 Å². The second-order valence-electron chi connectivity index (χ2n) is 6.49. The summed E-state index contributed by atoms with van der Waals surface area (Å²) in [5.41, 5.74) is 0. The number of aromatic nitrogens is 2. The van der Waals surface area contributed by atoms with Crippen LogP contribution in [0.25, 0.3) is 0 Å². The molecule has 134 valence electrons. The third kappa shape index (κ3) is 4.69. The van der Waals surface area contributed by atoms with Crippen molar-refractivity contribution in [2.75, 3.05) is 38.6 Å². The normalized spacial score (nSPS) is 20.0. The number of nitrogens with zero attached hydrogens (tertiary/aromatic N) is 4. The Hall–Kier alpha value is -2.61. The first-order valence-corrected chi connectivity index (χ1v) is 8.35. The Morgan fingerprint density at radius 2 is 2.12 bits per heavy atom. The maximum absolute atomic E-state index is 12.2. The Morgan fingerprint density at radius 3 is 2.80 bits per heavy atom. The largest absolute Gasteiger partial charge is 0.467 e. The molecule has 2 aromatic rings. The zero-order valence-electron chi connectivity index (χ0n) is 14.6. The molecule has 2 amide bonds. The maximum Gasteiger partial charge on any atom is 0.315 e.